The molecule has 1 heterocycles. The Morgan fingerprint density at radius 3 is 2.88 bits per heavy atom. The van der Waals surface area contributed by atoms with Crippen LogP contribution in [0.4, 0.5) is 0 Å². The molecule has 0 saturated carbocycles. The monoisotopic (exact) mass is 248 g/mol. The summed E-state index contributed by atoms with van der Waals surface area (Å²) < 4.78 is 5.79. The number of nitrogens with zero attached hydrogens (tertiary/aromatic N) is 1. The van der Waals surface area contributed by atoms with Gasteiger partial charge in [-0.3, -0.25) is 4.98 Å². The Morgan fingerprint density at radius 1 is 1.35 bits per heavy atom. The van der Waals surface area contributed by atoms with Gasteiger partial charge in [-0.1, -0.05) is 29.8 Å². The van der Waals surface area contributed by atoms with E-state index in [1.165, 1.54) is 0 Å². The van der Waals surface area contributed by atoms with Gasteiger partial charge >= 0.3 is 0 Å². The lowest BCUT2D eigenvalue weighted by Crippen LogP contribution is -2.00. The number of hydrogen-bond donors (Lipinski definition) is 1. The third kappa shape index (κ3) is 2.75. The van der Waals surface area contributed by atoms with E-state index in [0.29, 0.717) is 17.3 Å². The van der Waals surface area contributed by atoms with Crippen LogP contribution >= 0.6 is 11.6 Å². The molecule has 88 valence electrons. The van der Waals surface area contributed by atoms with E-state index in [-0.39, 0.29) is 0 Å². The van der Waals surface area contributed by atoms with Crippen molar-refractivity contribution in [2.45, 2.75) is 13.5 Å². The Kier molecular flexibility index (Phi) is 3.61. The molecule has 1 aromatic heterocycles. The van der Waals surface area contributed by atoms with Crippen molar-refractivity contribution in [1.82, 2.24) is 4.98 Å². The maximum absolute atomic E-state index is 5.86. The van der Waals surface area contributed by atoms with E-state index in [9.17, 15) is 0 Å². The fourth-order valence-corrected chi connectivity index (χ4v) is 1.75. The van der Waals surface area contributed by atoms with Crippen molar-refractivity contribution in [3.05, 3.63) is 52.8 Å². The van der Waals surface area contributed by atoms with Gasteiger partial charge in [0.1, 0.15) is 11.5 Å². The first-order valence-corrected chi connectivity index (χ1v) is 5.65. The number of nitrogens with two attached hydrogens (primary N) is 1. The third-order valence-electron chi connectivity index (χ3n) is 2.41. The molecule has 0 fully saturated rings. The lowest BCUT2D eigenvalue weighted by molar-refractivity contribution is 0.470. The Balaban J connectivity index is 2.35. The number of rotatable bonds is 3. The van der Waals surface area contributed by atoms with Gasteiger partial charge in [0.15, 0.2) is 0 Å². The summed E-state index contributed by atoms with van der Waals surface area (Å²) in [5, 5.41) is 0.547. The second-order valence-electron chi connectivity index (χ2n) is 3.71. The molecular formula is C13H13ClN2O. The summed E-state index contributed by atoms with van der Waals surface area (Å²) in [6.45, 7) is 2.41. The quantitative estimate of drug-likeness (QED) is 0.907. The van der Waals surface area contributed by atoms with Crippen molar-refractivity contribution in [2.24, 2.45) is 5.73 Å². The molecule has 0 aliphatic rings. The van der Waals surface area contributed by atoms with Crippen molar-refractivity contribution < 1.29 is 4.74 Å². The maximum Gasteiger partial charge on any atom is 0.147 e. The second-order valence-corrected chi connectivity index (χ2v) is 4.14. The molecule has 4 heteroatoms. The summed E-state index contributed by atoms with van der Waals surface area (Å²) in [5.41, 5.74) is 7.68. The van der Waals surface area contributed by atoms with Crippen molar-refractivity contribution in [1.29, 1.82) is 0 Å². The van der Waals surface area contributed by atoms with E-state index in [2.05, 4.69) is 4.98 Å². The lowest BCUT2D eigenvalue weighted by Gasteiger charge is -2.12. The first-order valence-electron chi connectivity index (χ1n) is 5.27. The Labute approximate surface area is 105 Å². The van der Waals surface area contributed by atoms with Crippen molar-refractivity contribution in [3.63, 3.8) is 0 Å². The summed E-state index contributed by atoms with van der Waals surface area (Å²) in [7, 11) is 0. The van der Waals surface area contributed by atoms with Crippen molar-refractivity contribution >= 4 is 11.6 Å². The molecule has 0 bridgehead atoms. The molecule has 0 aliphatic heterocycles. The standard InChI is InChI=1S/C13H13ClN2O/c1-9-3-2-4-10(6-15)13(9)17-12-5-11(14)7-16-8-12/h2-5,7-8H,6,15H2,1H3. The lowest BCUT2D eigenvalue weighted by atomic mass is 10.1. The molecule has 2 rings (SSSR count). The maximum atomic E-state index is 5.86. The number of aryl methyl sites for hydroxylation is 1. The average Bonchev–Trinajstić information content (AvgIpc) is 2.32. The van der Waals surface area contributed by atoms with Gasteiger partial charge < -0.3 is 10.5 Å². The SMILES string of the molecule is Cc1cccc(CN)c1Oc1cncc(Cl)c1. The zero-order chi connectivity index (χ0) is 12.3. The summed E-state index contributed by atoms with van der Waals surface area (Å²) in [4.78, 5) is 3.98. The number of para-hydroxylation sites is 1. The van der Waals surface area contributed by atoms with Crippen molar-refractivity contribution in [2.75, 3.05) is 0 Å². The van der Waals surface area contributed by atoms with E-state index < -0.39 is 0 Å². The average molecular weight is 249 g/mol. The first kappa shape index (κ1) is 11.9. The summed E-state index contributed by atoms with van der Waals surface area (Å²) in [6, 6.07) is 7.61. The first-order chi connectivity index (χ1) is 8.20. The van der Waals surface area contributed by atoms with Gasteiger partial charge in [-0.2, -0.15) is 0 Å². The van der Waals surface area contributed by atoms with E-state index >= 15 is 0 Å². The molecule has 0 unspecified atom stereocenters. The van der Waals surface area contributed by atoms with Gasteiger partial charge in [-0.15, -0.1) is 0 Å². The number of aromatic nitrogens is 1. The normalized spacial score (nSPS) is 10.3. The highest BCUT2D eigenvalue weighted by molar-refractivity contribution is 6.30. The van der Waals surface area contributed by atoms with Crippen molar-refractivity contribution in [3.8, 4) is 11.5 Å². The van der Waals surface area contributed by atoms with Crippen LogP contribution in [-0.2, 0) is 6.54 Å². The molecule has 0 saturated heterocycles. The molecule has 0 spiro atoms. The third-order valence-corrected chi connectivity index (χ3v) is 2.62. The smallest absolute Gasteiger partial charge is 0.147 e. The van der Waals surface area contributed by atoms with Crippen LogP contribution < -0.4 is 10.5 Å². The molecule has 2 N–H and O–H groups in total. The number of halogens is 1. The molecule has 2 aromatic rings. The van der Waals surface area contributed by atoms with Gasteiger partial charge in [0.2, 0.25) is 0 Å². The van der Waals surface area contributed by atoms with Crippen LogP contribution in [0.5, 0.6) is 11.5 Å². The van der Waals surface area contributed by atoms with E-state index in [0.717, 1.165) is 16.9 Å². The zero-order valence-electron chi connectivity index (χ0n) is 9.48. The molecule has 3 nitrogen and oxygen atoms in total. The second kappa shape index (κ2) is 5.17. The molecule has 0 atom stereocenters. The van der Waals surface area contributed by atoms with E-state index in [4.69, 9.17) is 22.1 Å². The van der Waals surface area contributed by atoms with Gasteiger partial charge in [0, 0.05) is 24.4 Å². The van der Waals surface area contributed by atoms with Crippen LogP contribution in [0.3, 0.4) is 0 Å². The Hall–Kier alpha value is -1.58. The number of benzene rings is 1. The van der Waals surface area contributed by atoms with Crippen LogP contribution in [0.25, 0.3) is 0 Å². The number of ether oxygens (including phenoxy) is 1. The van der Waals surface area contributed by atoms with Crippen LogP contribution in [0.1, 0.15) is 11.1 Å². The Bertz CT molecular complexity index is 529. The van der Waals surface area contributed by atoms with Crippen LogP contribution in [0.2, 0.25) is 5.02 Å². The molecule has 1 aromatic carbocycles. The molecule has 0 radical (unpaired) electrons. The molecular weight excluding hydrogens is 236 g/mol. The molecule has 17 heavy (non-hydrogen) atoms. The Morgan fingerprint density at radius 2 is 2.18 bits per heavy atom. The van der Waals surface area contributed by atoms with E-state index in [1.54, 1.807) is 18.5 Å². The zero-order valence-corrected chi connectivity index (χ0v) is 10.2. The minimum atomic E-state index is 0.436. The predicted molar refractivity (Wildman–Crippen MR) is 68.4 cm³/mol. The van der Waals surface area contributed by atoms with Crippen LogP contribution in [-0.4, -0.2) is 4.98 Å². The number of hydrogen-bond acceptors (Lipinski definition) is 3. The minimum absolute atomic E-state index is 0.436. The molecule has 0 aliphatic carbocycles. The minimum Gasteiger partial charge on any atom is -0.455 e. The van der Waals surface area contributed by atoms with E-state index in [1.807, 2.05) is 25.1 Å². The van der Waals surface area contributed by atoms with Crippen LogP contribution in [0.15, 0.2) is 36.7 Å². The highest BCUT2D eigenvalue weighted by atomic mass is 35.5. The topological polar surface area (TPSA) is 48.1 Å². The van der Waals surface area contributed by atoms with Gasteiger partial charge in [0.05, 0.1) is 11.2 Å². The summed E-state index contributed by atoms with van der Waals surface area (Å²) >= 11 is 5.86. The highest BCUT2D eigenvalue weighted by Gasteiger charge is 2.07. The summed E-state index contributed by atoms with van der Waals surface area (Å²) in [5.74, 6) is 1.39. The predicted octanol–water partition coefficient (Wildman–Crippen LogP) is 3.29. The fraction of sp³-hybridized carbons (Fsp3) is 0.154. The summed E-state index contributed by atoms with van der Waals surface area (Å²) in [6.07, 6.45) is 3.19. The largest absolute Gasteiger partial charge is 0.455 e. The van der Waals surface area contributed by atoms with Gasteiger partial charge in [-0.05, 0) is 12.5 Å². The number of pyridine rings is 1. The highest BCUT2D eigenvalue weighted by Crippen LogP contribution is 2.29. The van der Waals surface area contributed by atoms with Gasteiger partial charge in [-0.25, -0.2) is 0 Å². The van der Waals surface area contributed by atoms with Gasteiger partial charge in [0.25, 0.3) is 0 Å². The van der Waals surface area contributed by atoms with Crippen LogP contribution in [0, 0.1) is 6.92 Å². The molecule has 0 amide bonds. The fourth-order valence-electron chi connectivity index (χ4n) is 1.59.